The highest BCUT2D eigenvalue weighted by molar-refractivity contribution is 6.30. The molecule has 0 aromatic heterocycles. The van der Waals surface area contributed by atoms with Crippen molar-refractivity contribution in [3.05, 3.63) is 70.7 Å². The number of carbonyl (C=O) groups is 1. The van der Waals surface area contributed by atoms with E-state index in [0.29, 0.717) is 10.7 Å². The summed E-state index contributed by atoms with van der Waals surface area (Å²) < 4.78 is 0. The van der Waals surface area contributed by atoms with Gasteiger partial charge in [0.15, 0.2) is 6.10 Å². The maximum Gasteiger partial charge on any atom is 0.235 e. The number of hydrogen-bond acceptors (Lipinski definition) is 3. The number of hydrogen-bond donors (Lipinski definition) is 0. The lowest BCUT2D eigenvalue weighted by atomic mass is 9.87. The average molecular weight is 329 g/mol. The van der Waals surface area contributed by atoms with E-state index in [1.54, 1.807) is 31.1 Å². The molecule has 118 valence electrons. The molecule has 4 nitrogen and oxygen atoms in total. The molecule has 0 radical (unpaired) electrons. The van der Waals surface area contributed by atoms with E-state index in [2.05, 4.69) is 5.16 Å². The molecule has 0 saturated heterocycles. The van der Waals surface area contributed by atoms with Gasteiger partial charge in [0.2, 0.25) is 5.91 Å². The molecule has 3 rings (SSSR count). The van der Waals surface area contributed by atoms with E-state index < -0.39 is 12.0 Å². The fourth-order valence-electron chi connectivity index (χ4n) is 2.65. The van der Waals surface area contributed by atoms with Crippen LogP contribution >= 0.6 is 11.6 Å². The third-order valence-corrected chi connectivity index (χ3v) is 4.09. The lowest BCUT2D eigenvalue weighted by Gasteiger charge is -2.22. The summed E-state index contributed by atoms with van der Waals surface area (Å²) in [7, 11) is 3.48. The molecular weight excluding hydrogens is 312 g/mol. The Bertz CT molecular complexity index is 726. The molecule has 1 aliphatic heterocycles. The topological polar surface area (TPSA) is 41.9 Å². The van der Waals surface area contributed by atoms with Crippen molar-refractivity contribution in [3.63, 3.8) is 0 Å². The smallest absolute Gasteiger partial charge is 0.235 e. The van der Waals surface area contributed by atoms with Crippen LogP contribution in [-0.2, 0) is 9.63 Å². The van der Waals surface area contributed by atoms with E-state index in [9.17, 15) is 4.79 Å². The van der Waals surface area contributed by atoms with Crippen LogP contribution in [0.4, 0.5) is 0 Å². The van der Waals surface area contributed by atoms with Gasteiger partial charge in [-0.2, -0.15) is 0 Å². The van der Waals surface area contributed by atoms with Crippen molar-refractivity contribution in [1.82, 2.24) is 4.90 Å². The highest BCUT2D eigenvalue weighted by Gasteiger charge is 2.42. The summed E-state index contributed by atoms with van der Waals surface area (Å²) in [6.07, 6.45) is -0.420. The van der Waals surface area contributed by atoms with Gasteiger partial charge in [-0.05, 0) is 17.7 Å². The maximum absolute atomic E-state index is 12.7. The summed E-state index contributed by atoms with van der Waals surface area (Å²) in [4.78, 5) is 19.9. The SMILES string of the molecule is CN(C)C(=O)[C@H]1C(c2ccc(Cl)cc2)=NO[C@@H]1c1ccccc1. The predicted octanol–water partition coefficient (Wildman–Crippen LogP) is 3.52. The quantitative estimate of drug-likeness (QED) is 0.865. The van der Waals surface area contributed by atoms with Gasteiger partial charge in [0.1, 0.15) is 11.6 Å². The second-order valence-electron chi connectivity index (χ2n) is 5.63. The van der Waals surface area contributed by atoms with Crippen LogP contribution in [0.15, 0.2) is 59.8 Å². The molecule has 2 aromatic carbocycles. The van der Waals surface area contributed by atoms with Crippen molar-refractivity contribution in [2.75, 3.05) is 14.1 Å². The van der Waals surface area contributed by atoms with Gasteiger partial charge in [-0.15, -0.1) is 0 Å². The molecular formula is C18H17ClN2O2. The molecule has 1 heterocycles. The number of benzene rings is 2. The minimum Gasteiger partial charge on any atom is -0.386 e. The molecule has 0 bridgehead atoms. The van der Waals surface area contributed by atoms with Gasteiger partial charge in [0.05, 0.1) is 0 Å². The number of nitrogens with zero attached hydrogens (tertiary/aromatic N) is 2. The molecule has 0 spiro atoms. The van der Waals surface area contributed by atoms with Gasteiger partial charge in [0, 0.05) is 24.7 Å². The minimum absolute atomic E-state index is 0.0370. The fraction of sp³-hybridized carbons (Fsp3) is 0.222. The normalized spacial score (nSPS) is 19.9. The molecule has 2 aromatic rings. The highest BCUT2D eigenvalue weighted by Crippen LogP contribution is 2.36. The summed E-state index contributed by atoms with van der Waals surface area (Å²) in [5.41, 5.74) is 2.41. The Morgan fingerprint density at radius 3 is 2.35 bits per heavy atom. The van der Waals surface area contributed by atoms with Crippen LogP contribution in [0.3, 0.4) is 0 Å². The molecule has 0 N–H and O–H groups in total. The molecule has 0 fully saturated rings. The van der Waals surface area contributed by atoms with Gasteiger partial charge in [-0.3, -0.25) is 4.79 Å². The summed E-state index contributed by atoms with van der Waals surface area (Å²) in [6.45, 7) is 0. The van der Waals surface area contributed by atoms with E-state index in [1.165, 1.54) is 0 Å². The molecule has 1 amide bonds. The van der Waals surface area contributed by atoms with Gasteiger partial charge in [0.25, 0.3) is 0 Å². The van der Waals surface area contributed by atoms with Crippen LogP contribution in [0.5, 0.6) is 0 Å². The first-order valence-corrected chi connectivity index (χ1v) is 7.71. The van der Waals surface area contributed by atoms with Crippen molar-refractivity contribution in [3.8, 4) is 0 Å². The van der Waals surface area contributed by atoms with Crippen LogP contribution in [0.2, 0.25) is 5.02 Å². The van der Waals surface area contributed by atoms with Crippen LogP contribution in [0.25, 0.3) is 0 Å². The Morgan fingerprint density at radius 2 is 1.74 bits per heavy atom. The average Bonchev–Trinajstić information content (AvgIpc) is 3.00. The van der Waals surface area contributed by atoms with Crippen LogP contribution in [-0.4, -0.2) is 30.6 Å². The predicted molar refractivity (Wildman–Crippen MR) is 90.4 cm³/mol. The molecule has 0 unspecified atom stereocenters. The summed E-state index contributed by atoms with van der Waals surface area (Å²) in [6, 6.07) is 17.0. The first-order chi connectivity index (χ1) is 11.1. The summed E-state index contributed by atoms with van der Waals surface area (Å²) in [5, 5.41) is 4.85. The molecule has 1 aliphatic rings. The molecule has 0 saturated carbocycles. The first-order valence-electron chi connectivity index (χ1n) is 7.33. The van der Waals surface area contributed by atoms with Crippen molar-refractivity contribution >= 4 is 23.2 Å². The lowest BCUT2D eigenvalue weighted by Crippen LogP contribution is -2.36. The molecule has 23 heavy (non-hydrogen) atoms. The second-order valence-corrected chi connectivity index (χ2v) is 6.07. The van der Waals surface area contributed by atoms with E-state index in [-0.39, 0.29) is 5.91 Å². The number of rotatable bonds is 3. The molecule has 0 aliphatic carbocycles. The Kier molecular flexibility index (Phi) is 4.35. The van der Waals surface area contributed by atoms with E-state index in [4.69, 9.17) is 16.4 Å². The van der Waals surface area contributed by atoms with Gasteiger partial charge >= 0.3 is 0 Å². The Balaban J connectivity index is 1.99. The zero-order chi connectivity index (χ0) is 16.4. The standard InChI is InChI=1S/C18H17ClN2O2/c1-21(2)18(22)15-16(12-8-10-14(19)11-9-12)20-23-17(15)13-6-4-3-5-7-13/h3-11,15,17H,1-2H3/t15-,17+/m0/s1. The maximum atomic E-state index is 12.7. The lowest BCUT2D eigenvalue weighted by molar-refractivity contribution is -0.133. The zero-order valence-electron chi connectivity index (χ0n) is 12.9. The van der Waals surface area contributed by atoms with Crippen molar-refractivity contribution in [2.24, 2.45) is 11.1 Å². The van der Waals surface area contributed by atoms with E-state index in [0.717, 1.165) is 11.1 Å². The summed E-state index contributed by atoms with van der Waals surface area (Å²) >= 11 is 5.95. The van der Waals surface area contributed by atoms with Crippen molar-refractivity contribution < 1.29 is 9.63 Å². The molecule has 2 atom stereocenters. The van der Waals surface area contributed by atoms with Crippen molar-refractivity contribution in [2.45, 2.75) is 6.10 Å². The van der Waals surface area contributed by atoms with E-state index in [1.807, 2.05) is 42.5 Å². The third-order valence-electron chi connectivity index (χ3n) is 3.84. The van der Waals surface area contributed by atoms with Crippen LogP contribution in [0, 0.1) is 5.92 Å². The fourth-order valence-corrected chi connectivity index (χ4v) is 2.77. The third kappa shape index (κ3) is 3.08. The Morgan fingerprint density at radius 1 is 1.09 bits per heavy atom. The zero-order valence-corrected chi connectivity index (χ0v) is 13.7. The van der Waals surface area contributed by atoms with Gasteiger partial charge < -0.3 is 9.74 Å². The minimum atomic E-state index is -0.478. The summed E-state index contributed by atoms with van der Waals surface area (Å²) in [5.74, 6) is -0.515. The number of halogens is 1. The number of amides is 1. The van der Waals surface area contributed by atoms with Gasteiger partial charge in [-0.1, -0.05) is 59.2 Å². The van der Waals surface area contributed by atoms with Crippen molar-refractivity contribution in [1.29, 1.82) is 0 Å². The largest absolute Gasteiger partial charge is 0.386 e. The Labute approximate surface area is 140 Å². The molecule has 5 heteroatoms. The number of oxime groups is 1. The van der Waals surface area contributed by atoms with Crippen LogP contribution in [0.1, 0.15) is 17.2 Å². The monoisotopic (exact) mass is 328 g/mol. The highest BCUT2D eigenvalue weighted by atomic mass is 35.5. The number of carbonyl (C=O) groups excluding carboxylic acids is 1. The first kappa shape index (κ1) is 15.6. The van der Waals surface area contributed by atoms with Gasteiger partial charge in [-0.25, -0.2) is 0 Å². The Hall–Kier alpha value is -2.33. The van der Waals surface area contributed by atoms with Crippen LogP contribution < -0.4 is 0 Å². The second kappa shape index (κ2) is 6.42. The van der Waals surface area contributed by atoms with E-state index >= 15 is 0 Å².